The topological polar surface area (TPSA) is 80.5 Å². The van der Waals surface area contributed by atoms with Crippen LogP contribution in [0.25, 0.3) is 0 Å². The van der Waals surface area contributed by atoms with E-state index < -0.39 is 5.91 Å². The Balaban J connectivity index is 2.47. The molecule has 0 radical (unpaired) electrons. The van der Waals surface area contributed by atoms with Crippen molar-refractivity contribution in [3.05, 3.63) is 34.9 Å². The molecule has 0 atom stereocenters. The number of primary amides is 1. The minimum atomic E-state index is -0.516. The average molecular weight is 246 g/mol. The number of carbonyl (C=O) groups is 3. The van der Waals surface area contributed by atoms with Gasteiger partial charge in [-0.3, -0.25) is 19.3 Å². The van der Waals surface area contributed by atoms with Gasteiger partial charge in [0.05, 0.1) is 17.5 Å². The van der Waals surface area contributed by atoms with E-state index in [9.17, 15) is 14.4 Å². The Hall–Kier alpha value is -2.17. The normalized spacial score (nSPS) is 13.9. The lowest BCUT2D eigenvalue weighted by Gasteiger charge is -2.11. The molecule has 0 aliphatic carbocycles. The van der Waals surface area contributed by atoms with Gasteiger partial charge in [-0.15, -0.1) is 0 Å². The Kier molecular flexibility index (Phi) is 3.14. The number of rotatable bonds is 4. The number of benzene rings is 1. The zero-order valence-corrected chi connectivity index (χ0v) is 10.1. The van der Waals surface area contributed by atoms with Crippen LogP contribution in [-0.4, -0.2) is 29.2 Å². The van der Waals surface area contributed by atoms with Crippen LogP contribution >= 0.6 is 0 Å². The third kappa shape index (κ3) is 1.88. The van der Waals surface area contributed by atoms with Crippen molar-refractivity contribution in [2.24, 2.45) is 5.73 Å². The van der Waals surface area contributed by atoms with Gasteiger partial charge in [0.1, 0.15) is 0 Å². The summed E-state index contributed by atoms with van der Waals surface area (Å²) < 4.78 is 0. The van der Waals surface area contributed by atoms with Crippen LogP contribution in [0.4, 0.5) is 0 Å². The monoisotopic (exact) mass is 246 g/mol. The van der Waals surface area contributed by atoms with Crippen LogP contribution in [0.2, 0.25) is 0 Å². The first-order valence-electron chi connectivity index (χ1n) is 5.82. The molecule has 0 unspecified atom stereocenters. The summed E-state index contributed by atoms with van der Waals surface area (Å²) >= 11 is 0. The average Bonchev–Trinajstić information content (AvgIpc) is 2.55. The quantitative estimate of drug-likeness (QED) is 0.795. The molecule has 0 bridgehead atoms. The summed E-state index contributed by atoms with van der Waals surface area (Å²) in [5.74, 6) is -1.13. The molecule has 5 heteroatoms. The number of amides is 3. The molecule has 0 aromatic heterocycles. The first-order chi connectivity index (χ1) is 8.56. The molecule has 1 aromatic rings. The molecule has 1 aromatic carbocycles. The van der Waals surface area contributed by atoms with Crippen LogP contribution in [0.3, 0.4) is 0 Å². The molecule has 2 rings (SSSR count). The van der Waals surface area contributed by atoms with E-state index in [4.69, 9.17) is 5.73 Å². The molecular formula is C13H14N2O3. The van der Waals surface area contributed by atoms with Gasteiger partial charge >= 0.3 is 0 Å². The molecule has 94 valence electrons. The Morgan fingerprint density at radius 2 is 2.00 bits per heavy atom. The van der Waals surface area contributed by atoms with E-state index in [1.165, 1.54) is 4.90 Å². The summed E-state index contributed by atoms with van der Waals surface area (Å²) in [4.78, 5) is 36.4. The van der Waals surface area contributed by atoms with Crippen molar-refractivity contribution in [3.8, 4) is 0 Å². The SMILES string of the molecule is CCCN1C(=O)c2cccc(CC(N)=O)c2C1=O. The second-order valence-electron chi connectivity index (χ2n) is 4.24. The molecule has 0 saturated carbocycles. The van der Waals surface area contributed by atoms with Crippen LogP contribution in [0, 0.1) is 0 Å². The predicted molar refractivity (Wildman–Crippen MR) is 65.0 cm³/mol. The predicted octanol–water partition coefficient (Wildman–Crippen LogP) is 0.720. The Labute approximate surface area is 105 Å². The summed E-state index contributed by atoms with van der Waals surface area (Å²) in [6.07, 6.45) is 0.679. The number of nitrogens with zero attached hydrogens (tertiary/aromatic N) is 1. The standard InChI is InChI=1S/C13H14N2O3/c1-2-6-15-12(17)9-5-3-4-8(7-10(14)16)11(9)13(15)18/h3-5H,2,6-7H2,1H3,(H2,14,16). The van der Waals surface area contributed by atoms with E-state index in [1.54, 1.807) is 18.2 Å². The smallest absolute Gasteiger partial charge is 0.261 e. The minimum Gasteiger partial charge on any atom is -0.369 e. The van der Waals surface area contributed by atoms with Crippen molar-refractivity contribution in [2.45, 2.75) is 19.8 Å². The molecule has 0 saturated heterocycles. The molecule has 18 heavy (non-hydrogen) atoms. The van der Waals surface area contributed by atoms with E-state index in [2.05, 4.69) is 0 Å². The first-order valence-corrected chi connectivity index (χ1v) is 5.82. The maximum absolute atomic E-state index is 12.2. The molecule has 1 heterocycles. The zero-order chi connectivity index (χ0) is 13.3. The van der Waals surface area contributed by atoms with Crippen LogP contribution < -0.4 is 5.73 Å². The number of carbonyl (C=O) groups excluding carboxylic acids is 3. The molecule has 3 amide bonds. The van der Waals surface area contributed by atoms with Crippen LogP contribution in [0.1, 0.15) is 39.6 Å². The highest BCUT2D eigenvalue weighted by Crippen LogP contribution is 2.26. The van der Waals surface area contributed by atoms with Crippen molar-refractivity contribution < 1.29 is 14.4 Å². The number of fused-ring (bicyclic) bond motifs is 1. The maximum Gasteiger partial charge on any atom is 0.261 e. The first kappa shape index (κ1) is 12.3. The highest BCUT2D eigenvalue weighted by atomic mass is 16.2. The number of hydrogen-bond acceptors (Lipinski definition) is 3. The largest absolute Gasteiger partial charge is 0.369 e. The molecule has 0 fully saturated rings. The summed E-state index contributed by atoms with van der Waals surface area (Å²) in [6.45, 7) is 2.29. The highest BCUT2D eigenvalue weighted by molar-refractivity contribution is 6.22. The van der Waals surface area contributed by atoms with Crippen molar-refractivity contribution >= 4 is 17.7 Å². The lowest BCUT2D eigenvalue weighted by molar-refractivity contribution is -0.117. The Morgan fingerprint density at radius 1 is 1.28 bits per heavy atom. The summed E-state index contributed by atoms with van der Waals surface area (Å²) in [7, 11) is 0. The second-order valence-corrected chi connectivity index (χ2v) is 4.24. The van der Waals surface area contributed by atoms with Crippen LogP contribution in [0.15, 0.2) is 18.2 Å². The van der Waals surface area contributed by atoms with E-state index in [0.717, 1.165) is 0 Å². The summed E-state index contributed by atoms with van der Waals surface area (Å²) in [5, 5.41) is 0. The fourth-order valence-corrected chi connectivity index (χ4v) is 2.17. The number of nitrogens with two attached hydrogens (primary N) is 1. The fourth-order valence-electron chi connectivity index (χ4n) is 2.17. The van der Waals surface area contributed by atoms with Gasteiger partial charge in [-0.05, 0) is 18.1 Å². The number of imide groups is 1. The van der Waals surface area contributed by atoms with Crippen molar-refractivity contribution in [3.63, 3.8) is 0 Å². The lowest BCUT2D eigenvalue weighted by Crippen LogP contribution is -2.30. The van der Waals surface area contributed by atoms with Gasteiger partial charge in [0.15, 0.2) is 0 Å². The highest BCUT2D eigenvalue weighted by Gasteiger charge is 2.36. The number of hydrogen-bond donors (Lipinski definition) is 1. The molecule has 2 N–H and O–H groups in total. The fraction of sp³-hybridized carbons (Fsp3) is 0.308. The van der Waals surface area contributed by atoms with E-state index in [0.29, 0.717) is 29.7 Å². The molecular weight excluding hydrogens is 232 g/mol. The third-order valence-corrected chi connectivity index (χ3v) is 2.90. The second kappa shape index (κ2) is 4.60. The van der Waals surface area contributed by atoms with Gasteiger partial charge in [-0.2, -0.15) is 0 Å². The van der Waals surface area contributed by atoms with Gasteiger partial charge in [0, 0.05) is 6.54 Å². The minimum absolute atomic E-state index is 0.0256. The molecule has 5 nitrogen and oxygen atoms in total. The maximum atomic E-state index is 12.2. The van der Waals surface area contributed by atoms with Gasteiger partial charge in [-0.25, -0.2) is 0 Å². The lowest BCUT2D eigenvalue weighted by atomic mass is 10.0. The van der Waals surface area contributed by atoms with Crippen molar-refractivity contribution in [1.82, 2.24) is 4.90 Å². The zero-order valence-electron chi connectivity index (χ0n) is 10.1. The van der Waals surface area contributed by atoms with E-state index in [1.807, 2.05) is 6.92 Å². The van der Waals surface area contributed by atoms with E-state index in [-0.39, 0.29) is 18.2 Å². The van der Waals surface area contributed by atoms with Crippen molar-refractivity contribution in [2.75, 3.05) is 6.54 Å². The van der Waals surface area contributed by atoms with Gasteiger partial charge in [0.25, 0.3) is 11.8 Å². The molecule has 1 aliphatic heterocycles. The van der Waals surface area contributed by atoms with E-state index >= 15 is 0 Å². The Morgan fingerprint density at radius 3 is 2.61 bits per heavy atom. The molecule has 0 spiro atoms. The van der Waals surface area contributed by atoms with Gasteiger partial charge in [0.2, 0.25) is 5.91 Å². The summed E-state index contributed by atoms with van der Waals surface area (Å²) in [5.41, 5.74) is 6.36. The molecule has 1 aliphatic rings. The third-order valence-electron chi connectivity index (χ3n) is 2.90. The van der Waals surface area contributed by atoms with Crippen molar-refractivity contribution in [1.29, 1.82) is 0 Å². The van der Waals surface area contributed by atoms with Crippen LogP contribution in [-0.2, 0) is 11.2 Å². The summed E-state index contributed by atoms with van der Waals surface area (Å²) in [6, 6.07) is 4.93. The van der Waals surface area contributed by atoms with Crippen LogP contribution in [0.5, 0.6) is 0 Å². The van der Waals surface area contributed by atoms with Gasteiger partial charge in [-0.1, -0.05) is 19.1 Å². The van der Waals surface area contributed by atoms with Gasteiger partial charge < -0.3 is 5.73 Å². The Bertz CT molecular complexity index is 537.